The van der Waals surface area contributed by atoms with Crippen LogP contribution in [0.2, 0.25) is 0 Å². The highest BCUT2D eigenvalue weighted by Crippen LogP contribution is 2.39. The van der Waals surface area contributed by atoms with Gasteiger partial charge in [-0.1, -0.05) is 6.07 Å². The molecule has 0 radical (unpaired) electrons. The van der Waals surface area contributed by atoms with Crippen molar-refractivity contribution in [1.29, 1.82) is 0 Å². The van der Waals surface area contributed by atoms with Crippen molar-refractivity contribution in [3.05, 3.63) is 58.9 Å². The molecule has 0 aliphatic heterocycles. The third kappa shape index (κ3) is 3.17. The van der Waals surface area contributed by atoms with Crippen LogP contribution >= 0.6 is 0 Å². The Morgan fingerprint density at radius 3 is 2.68 bits per heavy atom. The quantitative estimate of drug-likeness (QED) is 0.732. The Kier molecular flexibility index (Phi) is 4.68. The third-order valence-electron chi connectivity index (χ3n) is 5.10. The van der Waals surface area contributed by atoms with Crippen molar-refractivity contribution < 1.29 is 14.3 Å². The minimum Gasteiger partial charge on any atom is -0.493 e. The molecule has 0 spiro atoms. The Balaban J connectivity index is 1.59. The standard InChI is InChI=1S/C20H21N5O3/c1-12-4-5-14(8-17(12)25-11-21-23-24-25)20(26)22-16-7-6-13-9-18(27-2)19(28-3)10-15(13)16/h4-5,8-11,16H,6-7H2,1-3H3,(H,22,26)/t16-/m0/s1. The fraction of sp³-hybridized carbons (Fsp3) is 0.300. The monoisotopic (exact) mass is 379 g/mol. The van der Waals surface area contributed by atoms with E-state index in [1.165, 1.54) is 11.9 Å². The van der Waals surface area contributed by atoms with Gasteiger partial charge in [-0.2, -0.15) is 0 Å². The van der Waals surface area contributed by atoms with Crippen molar-refractivity contribution in [2.75, 3.05) is 14.2 Å². The van der Waals surface area contributed by atoms with Gasteiger partial charge in [-0.15, -0.1) is 5.10 Å². The van der Waals surface area contributed by atoms with Crippen molar-refractivity contribution in [2.45, 2.75) is 25.8 Å². The summed E-state index contributed by atoms with van der Waals surface area (Å²) >= 11 is 0. The summed E-state index contributed by atoms with van der Waals surface area (Å²) in [5, 5.41) is 14.4. The highest BCUT2D eigenvalue weighted by molar-refractivity contribution is 5.95. The number of amides is 1. The zero-order valence-corrected chi connectivity index (χ0v) is 16.0. The molecule has 0 unspecified atom stereocenters. The molecule has 1 amide bonds. The molecule has 3 aromatic rings. The van der Waals surface area contributed by atoms with Crippen LogP contribution in [0.3, 0.4) is 0 Å². The van der Waals surface area contributed by atoms with Gasteiger partial charge in [0.1, 0.15) is 6.33 Å². The maximum absolute atomic E-state index is 12.9. The number of aromatic nitrogens is 4. The zero-order chi connectivity index (χ0) is 19.7. The lowest BCUT2D eigenvalue weighted by atomic mass is 10.1. The van der Waals surface area contributed by atoms with Crippen LogP contribution in [-0.2, 0) is 6.42 Å². The van der Waals surface area contributed by atoms with Crippen LogP contribution in [0, 0.1) is 6.92 Å². The van der Waals surface area contributed by atoms with Crippen molar-refractivity contribution in [2.24, 2.45) is 0 Å². The highest BCUT2D eigenvalue weighted by Gasteiger charge is 2.27. The summed E-state index contributed by atoms with van der Waals surface area (Å²) in [5.41, 5.74) is 4.55. The van der Waals surface area contributed by atoms with E-state index in [4.69, 9.17) is 9.47 Å². The zero-order valence-electron chi connectivity index (χ0n) is 16.0. The predicted octanol–water partition coefficient (Wildman–Crippen LogP) is 2.41. The number of rotatable bonds is 5. The van der Waals surface area contributed by atoms with Gasteiger partial charge in [0.2, 0.25) is 0 Å². The van der Waals surface area contributed by atoms with Crippen LogP contribution in [0.25, 0.3) is 5.69 Å². The van der Waals surface area contributed by atoms with Crippen LogP contribution in [-0.4, -0.2) is 40.3 Å². The fourth-order valence-electron chi connectivity index (χ4n) is 3.59. The van der Waals surface area contributed by atoms with Gasteiger partial charge in [0, 0.05) is 5.56 Å². The number of ether oxygens (including phenoxy) is 2. The first-order valence-corrected chi connectivity index (χ1v) is 9.00. The minimum atomic E-state index is -0.137. The molecule has 0 bridgehead atoms. The van der Waals surface area contributed by atoms with Crippen LogP contribution in [0.15, 0.2) is 36.7 Å². The van der Waals surface area contributed by atoms with Gasteiger partial charge in [-0.05, 0) is 71.1 Å². The number of aryl methyl sites for hydroxylation is 2. The molecule has 8 heteroatoms. The number of fused-ring (bicyclic) bond motifs is 1. The number of carbonyl (C=O) groups is 1. The second-order valence-corrected chi connectivity index (χ2v) is 6.73. The number of carbonyl (C=O) groups excluding carboxylic acids is 1. The van der Waals surface area contributed by atoms with E-state index in [2.05, 4.69) is 20.8 Å². The second kappa shape index (κ2) is 7.30. The van der Waals surface area contributed by atoms with Crippen molar-refractivity contribution >= 4 is 5.91 Å². The maximum atomic E-state index is 12.9. The molecular formula is C20H21N5O3. The van der Waals surface area contributed by atoms with Gasteiger partial charge in [0.15, 0.2) is 11.5 Å². The molecule has 144 valence electrons. The summed E-state index contributed by atoms with van der Waals surface area (Å²) in [6.07, 6.45) is 3.23. The van der Waals surface area contributed by atoms with E-state index >= 15 is 0 Å². The average molecular weight is 379 g/mol. The van der Waals surface area contributed by atoms with E-state index in [1.807, 2.05) is 31.2 Å². The Morgan fingerprint density at radius 2 is 1.96 bits per heavy atom. The van der Waals surface area contributed by atoms with Gasteiger partial charge < -0.3 is 14.8 Å². The first-order valence-electron chi connectivity index (χ1n) is 9.00. The molecular weight excluding hydrogens is 358 g/mol. The third-order valence-corrected chi connectivity index (χ3v) is 5.10. The lowest BCUT2D eigenvalue weighted by Crippen LogP contribution is -2.27. The summed E-state index contributed by atoms with van der Waals surface area (Å²) in [6.45, 7) is 1.95. The lowest BCUT2D eigenvalue weighted by molar-refractivity contribution is 0.0936. The van der Waals surface area contributed by atoms with Crippen molar-refractivity contribution in [3.8, 4) is 17.2 Å². The molecule has 0 saturated carbocycles. The first-order chi connectivity index (χ1) is 13.6. The Morgan fingerprint density at radius 1 is 1.18 bits per heavy atom. The Bertz CT molecular complexity index is 1020. The molecule has 8 nitrogen and oxygen atoms in total. The summed E-state index contributed by atoms with van der Waals surface area (Å²) in [7, 11) is 3.23. The lowest BCUT2D eigenvalue weighted by Gasteiger charge is -2.17. The normalized spacial score (nSPS) is 15.2. The molecule has 1 aliphatic rings. The number of nitrogens with one attached hydrogen (secondary N) is 1. The second-order valence-electron chi connectivity index (χ2n) is 6.73. The largest absolute Gasteiger partial charge is 0.493 e. The highest BCUT2D eigenvalue weighted by atomic mass is 16.5. The van der Waals surface area contributed by atoms with Crippen LogP contribution in [0.5, 0.6) is 11.5 Å². The van der Waals surface area contributed by atoms with E-state index in [-0.39, 0.29) is 11.9 Å². The maximum Gasteiger partial charge on any atom is 0.251 e. The number of benzene rings is 2. The van der Waals surface area contributed by atoms with Crippen molar-refractivity contribution in [3.63, 3.8) is 0 Å². The van der Waals surface area contributed by atoms with Crippen LogP contribution < -0.4 is 14.8 Å². The summed E-state index contributed by atoms with van der Waals surface area (Å²) in [5.74, 6) is 1.23. The predicted molar refractivity (Wildman–Crippen MR) is 102 cm³/mol. The fourth-order valence-corrected chi connectivity index (χ4v) is 3.59. The van der Waals surface area contributed by atoms with E-state index in [9.17, 15) is 4.79 Å². The number of tetrazole rings is 1. The molecule has 4 rings (SSSR count). The van der Waals surface area contributed by atoms with Gasteiger partial charge >= 0.3 is 0 Å². The van der Waals surface area contributed by atoms with E-state index < -0.39 is 0 Å². The molecule has 1 aromatic heterocycles. The molecule has 1 heterocycles. The smallest absolute Gasteiger partial charge is 0.251 e. The van der Waals surface area contributed by atoms with Gasteiger partial charge in [-0.25, -0.2) is 4.68 Å². The van der Waals surface area contributed by atoms with Crippen LogP contribution in [0.4, 0.5) is 0 Å². The Labute approximate surface area is 162 Å². The molecule has 28 heavy (non-hydrogen) atoms. The number of hydrogen-bond acceptors (Lipinski definition) is 6. The topological polar surface area (TPSA) is 91.2 Å². The molecule has 0 fully saturated rings. The van der Waals surface area contributed by atoms with Gasteiger partial charge in [0.25, 0.3) is 5.91 Å². The molecule has 1 atom stereocenters. The number of nitrogens with zero attached hydrogens (tertiary/aromatic N) is 4. The molecule has 1 N–H and O–H groups in total. The molecule has 2 aromatic carbocycles. The molecule has 1 aliphatic carbocycles. The molecule has 0 saturated heterocycles. The Hall–Kier alpha value is -3.42. The summed E-state index contributed by atoms with van der Waals surface area (Å²) in [4.78, 5) is 12.9. The minimum absolute atomic E-state index is 0.0694. The van der Waals surface area contributed by atoms with Gasteiger partial charge in [-0.3, -0.25) is 4.79 Å². The van der Waals surface area contributed by atoms with E-state index in [1.54, 1.807) is 25.0 Å². The summed E-state index contributed by atoms with van der Waals surface area (Å²) < 4.78 is 12.3. The van der Waals surface area contributed by atoms with Crippen molar-refractivity contribution in [1.82, 2.24) is 25.5 Å². The number of methoxy groups -OCH3 is 2. The SMILES string of the molecule is COc1cc2c(cc1OC)[C@@H](NC(=O)c1ccc(C)c(-n3cnnn3)c1)CC2. The first kappa shape index (κ1) is 18.0. The summed E-state index contributed by atoms with van der Waals surface area (Å²) in [6, 6.07) is 9.37. The number of hydrogen-bond donors (Lipinski definition) is 1. The van der Waals surface area contributed by atoms with E-state index in [0.717, 1.165) is 29.7 Å². The average Bonchev–Trinajstić information content (AvgIpc) is 3.37. The van der Waals surface area contributed by atoms with E-state index in [0.29, 0.717) is 17.1 Å². The van der Waals surface area contributed by atoms with Gasteiger partial charge in [0.05, 0.1) is 25.9 Å². The van der Waals surface area contributed by atoms with Crippen LogP contribution in [0.1, 0.15) is 39.5 Å².